The maximum Gasteiger partial charge on any atom is 0.0494 e. The van der Waals surface area contributed by atoms with Crippen LogP contribution in [0, 0.1) is 0 Å². The fourth-order valence-corrected chi connectivity index (χ4v) is 5.96. The highest BCUT2D eigenvalue weighted by atomic mass is 14.6. The minimum absolute atomic E-state index is 0.670. The zero-order valence-corrected chi connectivity index (χ0v) is 22.0. The molecule has 2 nitrogen and oxygen atoms in total. The largest absolute Gasteiger partial charge is 0.398 e. The van der Waals surface area contributed by atoms with E-state index in [1.54, 1.807) is 0 Å². The highest BCUT2D eigenvalue weighted by Crippen LogP contribution is 2.45. The Kier molecular flexibility index (Phi) is 5.79. The maximum atomic E-state index is 7.05. The van der Waals surface area contributed by atoms with E-state index in [1.165, 1.54) is 33.0 Å². The van der Waals surface area contributed by atoms with Gasteiger partial charge in [-0.25, -0.2) is 0 Å². The van der Waals surface area contributed by atoms with E-state index in [9.17, 15) is 0 Å². The van der Waals surface area contributed by atoms with Crippen LogP contribution in [0.4, 0.5) is 11.4 Å². The quantitative estimate of drug-likeness (QED) is 0.231. The molecule has 0 bridgehead atoms. The van der Waals surface area contributed by atoms with Gasteiger partial charge in [0.1, 0.15) is 0 Å². The van der Waals surface area contributed by atoms with E-state index in [-0.39, 0.29) is 0 Å². The van der Waals surface area contributed by atoms with Crippen molar-refractivity contribution in [3.05, 3.63) is 146 Å². The summed E-state index contributed by atoms with van der Waals surface area (Å²) in [5.74, 6) is 0. The lowest BCUT2D eigenvalue weighted by Gasteiger charge is -2.19. The molecule has 0 aliphatic heterocycles. The molecule has 0 atom stereocenters. The van der Waals surface area contributed by atoms with Gasteiger partial charge in [-0.15, -0.1) is 0 Å². The van der Waals surface area contributed by atoms with Gasteiger partial charge in [-0.3, -0.25) is 0 Å². The molecular formula is C38H28N2. The fraction of sp³-hybridized carbons (Fsp3) is 0. The van der Waals surface area contributed by atoms with Crippen molar-refractivity contribution in [2.75, 3.05) is 11.5 Å². The lowest BCUT2D eigenvalue weighted by molar-refractivity contribution is 1.59. The molecule has 0 aromatic heterocycles. The minimum Gasteiger partial charge on any atom is -0.398 e. The molecule has 4 N–H and O–H groups in total. The Balaban J connectivity index is 1.45. The van der Waals surface area contributed by atoms with Crippen LogP contribution in [0.3, 0.4) is 0 Å². The van der Waals surface area contributed by atoms with Crippen molar-refractivity contribution in [1.29, 1.82) is 0 Å². The third kappa shape index (κ3) is 3.90. The molecule has 0 amide bonds. The van der Waals surface area contributed by atoms with Crippen LogP contribution in [0.15, 0.2) is 146 Å². The third-order valence-corrected chi connectivity index (χ3v) is 7.85. The molecule has 0 heterocycles. The Hall–Kier alpha value is -5.34. The smallest absolute Gasteiger partial charge is 0.0494 e. The summed E-state index contributed by atoms with van der Waals surface area (Å²) in [6.45, 7) is 0. The van der Waals surface area contributed by atoms with Gasteiger partial charge in [0.15, 0.2) is 0 Å². The molecule has 2 heteroatoms. The zero-order chi connectivity index (χ0) is 27.1. The van der Waals surface area contributed by atoms with Crippen LogP contribution in [-0.4, -0.2) is 0 Å². The van der Waals surface area contributed by atoms with Gasteiger partial charge >= 0.3 is 0 Å². The van der Waals surface area contributed by atoms with E-state index in [1.807, 2.05) is 18.2 Å². The molecule has 0 saturated carbocycles. The van der Waals surface area contributed by atoms with Crippen molar-refractivity contribution in [2.24, 2.45) is 0 Å². The Bertz CT molecular complexity index is 2010. The van der Waals surface area contributed by atoms with Crippen LogP contribution in [0.1, 0.15) is 0 Å². The van der Waals surface area contributed by atoms with Gasteiger partial charge < -0.3 is 11.5 Å². The van der Waals surface area contributed by atoms with Crippen LogP contribution >= 0.6 is 0 Å². The fourth-order valence-electron chi connectivity index (χ4n) is 5.96. The topological polar surface area (TPSA) is 52.0 Å². The van der Waals surface area contributed by atoms with E-state index in [0.717, 1.165) is 33.0 Å². The first kappa shape index (κ1) is 23.8. The third-order valence-electron chi connectivity index (χ3n) is 7.85. The van der Waals surface area contributed by atoms with Gasteiger partial charge in [0.05, 0.1) is 0 Å². The Labute approximate surface area is 234 Å². The number of fused-ring (bicyclic) bond motifs is 2. The molecule has 0 aliphatic rings. The second-order valence-electron chi connectivity index (χ2n) is 10.1. The van der Waals surface area contributed by atoms with Gasteiger partial charge in [0.2, 0.25) is 0 Å². The summed E-state index contributed by atoms with van der Waals surface area (Å²) in [4.78, 5) is 0. The van der Waals surface area contributed by atoms with Crippen molar-refractivity contribution in [3.8, 4) is 44.5 Å². The average Bonchev–Trinajstić information content (AvgIpc) is 3.02. The van der Waals surface area contributed by atoms with Crippen molar-refractivity contribution in [1.82, 2.24) is 0 Å². The summed E-state index contributed by atoms with van der Waals surface area (Å²) in [5, 5.41) is 4.66. The maximum absolute atomic E-state index is 7.05. The number of hydrogen-bond acceptors (Lipinski definition) is 2. The van der Waals surface area contributed by atoms with E-state index in [4.69, 9.17) is 11.5 Å². The summed E-state index contributed by atoms with van der Waals surface area (Å²) in [5.41, 5.74) is 23.9. The minimum atomic E-state index is 0.670. The molecule has 7 aromatic rings. The molecule has 0 aliphatic carbocycles. The van der Waals surface area contributed by atoms with Gasteiger partial charge in [0.25, 0.3) is 0 Å². The second kappa shape index (κ2) is 9.76. The molecule has 0 fully saturated rings. The van der Waals surface area contributed by atoms with Crippen LogP contribution in [0.2, 0.25) is 0 Å². The summed E-state index contributed by atoms with van der Waals surface area (Å²) in [6, 6.07) is 50.8. The Morgan fingerprint density at radius 1 is 0.300 bits per heavy atom. The van der Waals surface area contributed by atoms with E-state index in [2.05, 4.69) is 127 Å². The molecule has 40 heavy (non-hydrogen) atoms. The first-order valence-electron chi connectivity index (χ1n) is 13.5. The number of nitrogens with two attached hydrogens (primary N) is 2. The molecular weight excluding hydrogens is 484 g/mol. The molecule has 0 radical (unpaired) electrons. The average molecular weight is 513 g/mol. The zero-order valence-electron chi connectivity index (χ0n) is 22.0. The Morgan fingerprint density at radius 3 is 1.20 bits per heavy atom. The number of anilines is 2. The summed E-state index contributed by atoms with van der Waals surface area (Å²) >= 11 is 0. The first-order valence-corrected chi connectivity index (χ1v) is 13.5. The van der Waals surface area contributed by atoms with E-state index in [0.29, 0.717) is 11.4 Å². The standard InChI is InChI=1S/C38H28N2/c39-36-24-23-35(33-21-19-27(25-11-3-1-4-12-25)29-15-7-9-17-31(29)33)38(40)37(36)34-22-20-28(26-13-5-2-6-14-26)30-16-8-10-18-32(30)34/h1-24H,39-40H2. The van der Waals surface area contributed by atoms with E-state index >= 15 is 0 Å². The summed E-state index contributed by atoms with van der Waals surface area (Å²) in [7, 11) is 0. The van der Waals surface area contributed by atoms with Crippen LogP contribution in [0.25, 0.3) is 66.1 Å². The van der Waals surface area contributed by atoms with Crippen molar-refractivity contribution in [2.45, 2.75) is 0 Å². The highest BCUT2D eigenvalue weighted by Gasteiger charge is 2.18. The molecule has 7 aromatic carbocycles. The van der Waals surface area contributed by atoms with Crippen molar-refractivity contribution in [3.63, 3.8) is 0 Å². The molecule has 0 unspecified atom stereocenters. The lowest BCUT2D eigenvalue weighted by atomic mass is 9.87. The van der Waals surface area contributed by atoms with Crippen LogP contribution in [-0.2, 0) is 0 Å². The molecule has 7 rings (SSSR count). The highest BCUT2D eigenvalue weighted by molar-refractivity contribution is 6.12. The number of nitrogen functional groups attached to an aromatic ring is 2. The normalized spacial score (nSPS) is 11.2. The van der Waals surface area contributed by atoms with Gasteiger partial charge in [-0.1, -0.05) is 140 Å². The lowest BCUT2D eigenvalue weighted by Crippen LogP contribution is -2.00. The van der Waals surface area contributed by atoms with Crippen LogP contribution < -0.4 is 11.5 Å². The Morgan fingerprint density at radius 2 is 0.675 bits per heavy atom. The van der Waals surface area contributed by atoms with Gasteiger partial charge in [-0.05, 0) is 61.0 Å². The number of hydrogen-bond donors (Lipinski definition) is 2. The SMILES string of the molecule is Nc1ccc(-c2ccc(-c3ccccc3)c3ccccc23)c(N)c1-c1ccc(-c2ccccc2)c2ccccc12. The predicted octanol–water partition coefficient (Wildman–Crippen LogP) is 9.83. The predicted molar refractivity (Wildman–Crippen MR) is 172 cm³/mol. The van der Waals surface area contributed by atoms with Crippen molar-refractivity contribution < 1.29 is 0 Å². The first-order chi connectivity index (χ1) is 19.7. The second-order valence-corrected chi connectivity index (χ2v) is 10.1. The number of rotatable bonds is 4. The molecule has 190 valence electrons. The van der Waals surface area contributed by atoms with Crippen molar-refractivity contribution >= 4 is 32.9 Å². The van der Waals surface area contributed by atoms with E-state index < -0.39 is 0 Å². The van der Waals surface area contributed by atoms with Crippen LogP contribution in [0.5, 0.6) is 0 Å². The van der Waals surface area contributed by atoms with Gasteiger partial charge in [0, 0.05) is 22.5 Å². The summed E-state index contributed by atoms with van der Waals surface area (Å²) < 4.78 is 0. The molecule has 0 saturated heterocycles. The molecule has 0 spiro atoms. The summed E-state index contributed by atoms with van der Waals surface area (Å²) in [6.07, 6.45) is 0. The monoisotopic (exact) mass is 512 g/mol. The number of benzene rings is 7. The van der Waals surface area contributed by atoms with Gasteiger partial charge in [-0.2, -0.15) is 0 Å².